The summed E-state index contributed by atoms with van der Waals surface area (Å²) in [5.74, 6) is 0.0758. The van der Waals surface area contributed by atoms with Crippen molar-refractivity contribution in [1.29, 1.82) is 5.41 Å². The van der Waals surface area contributed by atoms with Crippen LogP contribution in [0.15, 0.2) is 36.4 Å². The summed E-state index contributed by atoms with van der Waals surface area (Å²) >= 11 is 0. The third kappa shape index (κ3) is 3.51. The number of fused-ring (bicyclic) bond motifs is 1. The van der Waals surface area contributed by atoms with Crippen LogP contribution in [0.5, 0.6) is 0 Å². The molecule has 0 aliphatic rings. The Morgan fingerprint density at radius 1 is 1.19 bits per heavy atom. The third-order valence-corrected chi connectivity index (χ3v) is 3.42. The molecular weight excluding hydrogens is 266 g/mol. The molecule has 5 nitrogen and oxygen atoms in total. The van der Waals surface area contributed by atoms with Gasteiger partial charge in [-0.1, -0.05) is 24.3 Å². The van der Waals surface area contributed by atoms with Gasteiger partial charge in [0.15, 0.2) is 0 Å². The molecule has 21 heavy (non-hydrogen) atoms. The molecule has 0 bridgehead atoms. The summed E-state index contributed by atoms with van der Waals surface area (Å²) in [6.45, 7) is 1.18. The van der Waals surface area contributed by atoms with Crippen LogP contribution in [0.4, 0.5) is 5.69 Å². The van der Waals surface area contributed by atoms with Crippen molar-refractivity contribution >= 4 is 22.3 Å². The van der Waals surface area contributed by atoms with Gasteiger partial charge >= 0.3 is 0 Å². The normalized spacial score (nSPS) is 12.3. The molecule has 1 unspecified atom stereocenters. The fourth-order valence-electron chi connectivity index (χ4n) is 2.31. The number of nitrogen functional groups attached to an aromatic ring is 1. The fourth-order valence-corrected chi connectivity index (χ4v) is 2.31. The van der Waals surface area contributed by atoms with Crippen LogP contribution in [0.25, 0.3) is 10.8 Å². The Bertz CT molecular complexity index is 628. The first-order valence-electron chi connectivity index (χ1n) is 6.79. The maximum absolute atomic E-state index is 7.66. The van der Waals surface area contributed by atoms with Crippen molar-refractivity contribution in [3.05, 3.63) is 42.0 Å². The van der Waals surface area contributed by atoms with Crippen LogP contribution in [0.3, 0.4) is 0 Å². The average molecular weight is 287 g/mol. The van der Waals surface area contributed by atoms with E-state index in [0.717, 1.165) is 22.0 Å². The second-order valence-corrected chi connectivity index (χ2v) is 4.81. The topological polar surface area (TPSA) is 80.4 Å². The van der Waals surface area contributed by atoms with E-state index in [9.17, 15) is 0 Å². The molecule has 5 heteroatoms. The first kappa shape index (κ1) is 15.3. The number of amidine groups is 1. The number of hydrogen-bond donors (Lipinski definition) is 3. The zero-order valence-electron chi connectivity index (χ0n) is 12.3. The predicted molar refractivity (Wildman–Crippen MR) is 86.1 cm³/mol. The molecule has 0 saturated carbocycles. The summed E-state index contributed by atoms with van der Waals surface area (Å²) in [7, 11) is 3.32. The summed E-state index contributed by atoms with van der Waals surface area (Å²) in [5.41, 5.74) is 7.38. The van der Waals surface area contributed by atoms with Crippen molar-refractivity contribution in [2.24, 2.45) is 5.73 Å². The van der Waals surface area contributed by atoms with Crippen LogP contribution in [-0.4, -0.2) is 39.3 Å². The molecule has 112 valence electrons. The van der Waals surface area contributed by atoms with E-state index in [2.05, 4.69) is 5.32 Å². The zero-order chi connectivity index (χ0) is 15.2. The number of benzene rings is 2. The Balaban J connectivity index is 2.29. The minimum absolute atomic E-state index is 0.0127. The number of rotatable bonds is 7. The molecule has 0 saturated heterocycles. The fraction of sp³-hybridized carbons (Fsp3) is 0.312. The van der Waals surface area contributed by atoms with Crippen LogP contribution in [0.2, 0.25) is 0 Å². The van der Waals surface area contributed by atoms with Gasteiger partial charge in [0.2, 0.25) is 0 Å². The molecule has 0 fully saturated rings. The summed E-state index contributed by atoms with van der Waals surface area (Å²) in [5, 5.41) is 13.0. The van der Waals surface area contributed by atoms with E-state index < -0.39 is 0 Å². The molecule has 2 rings (SSSR count). The minimum Gasteiger partial charge on any atom is -0.384 e. The lowest BCUT2D eigenvalue weighted by molar-refractivity contribution is 0.0366. The standard InChI is InChI=1S/C16H21N3O2/c1-20-10-11(21-2)9-19-15-8-7-14(16(17)18)12-5-3-4-6-13(12)15/h3-8,11,19H,9-10H2,1-2H3,(H3,17,18). The van der Waals surface area contributed by atoms with E-state index in [-0.39, 0.29) is 11.9 Å². The van der Waals surface area contributed by atoms with Crippen molar-refractivity contribution in [3.63, 3.8) is 0 Å². The molecule has 0 aliphatic heterocycles. The Morgan fingerprint density at radius 2 is 1.90 bits per heavy atom. The van der Waals surface area contributed by atoms with Gasteiger partial charge in [-0.05, 0) is 17.5 Å². The van der Waals surface area contributed by atoms with Gasteiger partial charge < -0.3 is 20.5 Å². The highest BCUT2D eigenvalue weighted by Gasteiger charge is 2.10. The Kier molecular flexibility index (Phi) is 5.14. The van der Waals surface area contributed by atoms with E-state index in [1.807, 2.05) is 36.4 Å². The SMILES string of the molecule is COCC(CNc1ccc(C(=N)N)c2ccccc12)OC. The number of nitrogens with one attached hydrogen (secondary N) is 2. The van der Waals surface area contributed by atoms with Crippen molar-refractivity contribution in [2.45, 2.75) is 6.10 Å². The monoisotopic (exact) mass is 287 g/mol. The van der Waals surface area contributed by atoms with Crippen LogP contribution >= 0.6 is 0 Å². The number of hydrogen-bond acceptors (Lipinski definition) is 4. The van der Waals surface area contributed by atoms with Crippen LogP contribution in [-0.2, 0) is 9.47 Å². The largest absolute Gasteiger partial charge is 0.384 e. The Morgan fingerprint density at radius 3 is 2.52 bits per heavy atom. The van der Waals surface area contributed by atoms with E-state index in [1.165, 1.54) is 0 Å². The lowest BCUT2D eigenvalue weighted by Crippen LogP contribution is -2.26. The molecule has 0 amide bonds. The molecule has 0 radical (unpaired) electrons. The van der Waals surface area contributed by atoms with E-state index >= 15 is 0 Å². The van der Waals surface area contributed by atoms with Gasteiger partial charge in [0.1, 0.15) is 5.84 Å². The maximum Gasteiger partial charge on any atom is 0.123 e. The van der Waals surface area contributed by atoms with E-state index in [0.29, 0.717) is 13.2 Å². The quantitative estimate of drug-likeness (QED) is 0.538. The van der Waals surface area contributed by atoms with E-state index in [1.54, 1.807) is 14.2 Å². The maximum atomic E-state index is 7.66. The Hall–Kier alpha value is -2.11. The average Bonchev–Trinajstić information content (AvgIpc) is 2.50. The number of nitrogens with two attached hydrogens (primary N) is 1. The number of anilines is 1. The highest BCUT2D eigenvalue weighted by molar-refractivity contribution is 6.10. The number of ether oxygens (including phenoxy) is 2. The van der Waals surface area contributed by atoms with Gasteiger partial charge in [0, 0.05) is 37.4 Å². The van der Waals surface area contributed by atoms with Gasteiger partial charge in [0.05, 0.1) is 12.7 Å². The second kappa shape index (κ2) is 7.06. The van der Waals surface area contributed by atoms with Crippen LogP contribution < -0.4 is 11.1 Å². The lowest BCUT2D eigenvalue weighted by atomic mass is 10.0. The van der Waals surface area contributed by atoms with Crippen molar-refractivity contribution in [1.82, 2.24) is 0 Å². The van der Waals surface area contributed by atoms with Gasteiger partial charge in [0.25, 0.3) is 0 Å². The Labute approximate surface area is 124 Å². The molecule has 2 aromatic rings. The van der Waals surface area contributed by atoms with Crippen molar-refractivity contribution < 1.29 is 9.47 Å². The summed E-state index contributed by atoms with van der Waals surface area (Å²) in [4.78, 5) is 0. The molecule has 0 heterocycles. The first-order chi connectivity index (χ1) is 10.2. The molecule has 0 aromatic heterocycles. The summed E-state index contributed by atoms with van der Waals surface area (Å²) in [6.07, 6.45) is -0.0127. The highest BCUT2D eigenvalue weighted by Crippen LogP contribution is 2.26. The van der Waals surface area contributed by atoms with Crippen LogP contribution in [0.1, 0.15) is 5.56 Å². The van der Waals surface area contributed by atoms with Gasteiger partial charge in [-0.3, -0.25) is 5.41 Å². The predicted octanol–water partition coefficient (Wildman–Crippen LogP) is 2.20. The van der Waals surface area contributed by atoms with E-state index in [4.69, 9.17) is 20.6 Å². The molecule has 4 N–H and O–H groups in total. The van der Waals surface area contributed by atoms with Crippen LogP contribution in [0, 0.1) is 5.41 Å². The molecule has 0 spiro atoms. The smallest absolute Gasteiger partial charge is 0.123 e. The minimum atomic E-state index is -0.0127. The molecule has 2 aromatic carbocycles. The summed E-state index contributed by atoms with van der Waals surface area (Å²) in [6, 6.07) is 11.7. The molecular formula is C16H21N3O2. The number of methoxy groups -OCH3 is 2. The highest BCUT2D eigenvalue weighted by atomic mass is 16.5. The summed E-state index contributed by atoms with van der Waals surface area (Å²) < 4.78 is 10.5. The molecule has 0 aliphatic carbocycles. The third-order valence-electron chi connectivity index (χ3n) is 3.42. The zero-order valence-corrected chi connectivity index (χ0v) is 12.3. The van der Waals surface area contributed by atoms with Gasteiger partial charge in [-0.15, -0.1) is 0 Å². The first-order valence-corrected chi connectivity index (χ1v) is 6.79. The molecule has 1 atom stereocenters. The second-order valence-electron chi connectivity index (χ2n) is 4.81. The van der Waals surface area contributed by atoms with Gasteiger partial charge in [-0.25, -0.2) is 0 Å². The van der Waals surface area contributed by atoms with Crippen molar-refractivity contribution in [2.75, 3.05) is 32.7 Å². The van der Waals surface area contributed by atoms with Crippen molar-refractivity contribution in [3.8, 4) is 0 Å². The van der Waals surface area contributed by atoms with Gasteiger partial charge in [-0.2, -0.15) is 0 Å². The lowest BCUT2D eigenvalue weighted by Gasteiger charge is -2.17.